The second kappa shape index (κ2) is 6.60. The van der Waals surface area contributed by atoms with Gasteiger partial charge in [-0.1, -0.05) is 41.9 Å². The first kappa shape index (κ1) is 13.9. The molecule has 0 heterocycles. The zero-order chi connectivity index (χ0) is 13.7. The third-order valence-corrected chi connectivity index (χ3v) is 3.47. The molecule has 2 aromatic rings. The summed E-state index contributed by atoms with van der Waals surface area (Å²) in [4.78, 5) is 0. The fraction of sp³-hybridized carbons (Fsp3) is 0.250. The molecule has 0 spiro atoms. The van der Waals surface area contributed by atoms with Crippen LogP contribution in [0.1, 0.15) is 16.7 Å². The monoisotopic (exact) mass is 275 g/mol. The van der Waals surface area contributed by atoms with E-state index in [9.17, 15) is 0 Å². The normalized spacial score (nSPS) is 10.5. The second-order valence-corrected chi connectivity index (χ2v) is 4.88. The van der Waals surface area contributed by atoms with Crippen molar-refractivity contribution in [2.24, 2.45) is 5.73 Å². The zero-order valence-corrected chi connectivity index (χ0v) is 11.8. The van der Waals surface area contributed by atoms with E-state index < -0.39 is 0 Å². The maximum atomic E-state index is 6.19. The predicted octanol–water partition coefficient (Wildman–Crippen LogP) is 3.73. The van der Waals surface area contributed by atoms with E-state index in [1.807, 2.05) is 30.3 Å². The van der Waals surface area contributed by atoms with Crippen molar-refractivity contribution in [3.8, 4) is 5.75 Å². The molecule has 0 saturated heterocycles. The maximum absolute atomic E-state index is 6.19. The third-order valence-electron chi connectivity index (χ3n) is 3.11. The summed E-state index contributed by atoms with van der Waals surface area (Å²) in [5.41, 5.74) is 9.01. The fourth-order valence-corrected chi connectivity index (χ4v) is 2.25. The Balaban J connectivity index is 2.16. The van der Waals surface area contributed by atoms with E-state index in [0.29, 0.717) is 18.2 Å². The molecule has 0 radical (unpaired) electrons. The Morgan fingerprint density at radius 3 is 2.63 bits per heavy atom. The van der Waals surface area contributed by atoms with E-state index >= 15 is 0 Å². The van der Waals surface area contributed by atoms with Gasteiger partial charge in [-0.05, 0) is 43.1 Å². The second-order valence-electron chi connectivity index (χ2n) is 4.47. The predicted molar refractivity (Wildman–Crippen MR) is 79.7 cm³/mol. The van der Waals surface area contributed by atoms with E-state index in [1.54, 1.807) is 0 Å². The standard InChI is InChI=1S/C16H18ClNO/c1-12-5-2-3-6-13(12)11-19-16-8-4-7-15(17)14(16)9-10-18/h2-8H,9-11,18H2,1H3. The molecule has 19 heavy (non-hydrogen) atoms. The fourth-order valence-electron chi connectivity index (χ4n) is 1.99. The first-order chi connectivity index (χ1) is 9.22. The van der Waals surface area contributed by atoms with Crippen LogP contribution in [0.25, 0.3) is 0 Å². The quantitative estimate of drug-likeness (QED) is 0.902. The summed E-state index contributed by atoms with van der Waals surface area (Å²) in [5, 5.41) is 0.715. The van der Waals surface area contributed by atoms with Crippen LogP contribution in [0.5, 0.6) is 5.75 Å². The molecule has 0 aliphatic carbocycles. The van der Waals surface area contributed by atoms with Crippen molar-refractivity contribution < 1.29 is 4.74 Å². The van der Waals surface area contributed by atoms with Gasteiger partial charge in [-0.2, -0.15) is 0 Å². The first-order valence-corrected chi connectivity index (χ1v) is 6.75. The van der Waals surface area contributed by atoms with Crippen LogP contribution in [-0.2, 0) is 13.0 Å². The van der Waals surface area contributed by atoms with E-state index in [1.165, 1.54) is 11.1 Å². The summed E-state index contributed by atoms with van der Waals surface area (Å²) in [5.74, 6) is 0.821. The highest BCUT2D eigenvalue weighted by atomic mass is 35.5. The minimum Gasteiger partial charge on any atom is -0.489 e. The Kier molecular flexibility index (Phi) is 4.83. The molecule has 0 aliphatic rings. The average Bonchev–Trinajstić information content (AvgIpc) is 2.41. The molecule has 0 amide bonds. The Morgan fingerprint density at radius 2 is 1.89 bits per heavy atom. The van der Waals surface area contributed by atoms with Crippen LogP contribution in [-0.4, -0.2) is 6.54 Å². The van der Waals surface area contributed by atoms with Gasteiger partial charge in [-0.15, -0.1) is 0 Å². The first-order valence-electron chi connectivity index (χ1n) is 6.37. The highest BCUT2D eigenvalue weighted by Crippen LogP contribution is 2.27. The highest BCUT2D eigenvalue weighted by molar-refractivity contribution is 6.31. The van der Waals surface area contributed by atoms with Crippen molar-refractivity contribution in [1.29, 1.82) is 0 Å². The Morgan fingerprint density at radius 1 is 1.11 bits per heavy atom. The molecule has 2 aromatic carbocycles. The summed E-state index contributed by atoms with van der Waals surface area (Å²) in [6.45, 7) is 3.19. The van der Waals surface area contributed by atoms with E-state index in [2.05, 4.69) is 19.1 Å². The lowest BCUT2D eigenvalue weighted by molar-refractivity contribution is 0.302. The topological polar surface area (TPSA) is 35.2 Å². The van der Waals surface area contributed by atoms with Gasteiger partial charge in [-0.25, -0.2) is 0 Å². The van der Waals surface area contributed by atoms with Gasteiger partial charge in [0.2, 0.25) is 0 Å². The molecular weight excluding hydrogens is 258 g/mol. The third kappa shape index (κ3) is 3.49. The lowest BCUT2D eigenvalue weighted by Gasteiger charge is -2.13. The minimum absolute atomic E-state index is 0.546. The largest absolute Gasteiger partial charge is 0.489 e. The van der Waals surface area contributed by atoms with Gasteiger partial charge >= 0.3 is 0 Å². The van der Waals surface area contributed by atoms with Crippen molar-refractivity contribution in [3.05, 3.63) is 64.2 Å². The van der Waals surface area contributed by atoms with Gasteiger partial charge < -0.3 is 10.5 Å². The number of ether oxygens (including phenoxy) is 1. The zero-order valence-electron chi connectivity index (χ0n) is 11.0. The number of hydrogen-bond acceptors (Lipinski definition) is 2. The molecular formula is C16H18ClNO. The van der Waals surface area contributed by atoms with Crippen LogP contribution in [0.2, 0.25) is 5.02 Å². The number of halogens is 1. The van der Waals surface area contributed by atoms with Crippen LogP contribution >= 0.6 is 11.6 Å². The van der Waals surface area contributed by atoms with Crippen LogP contribution in [0.3, 0.4) is 0 Å². The van der Waals surface area contributed by atoms with Crippen molar-refractivity contribution >= 4 is 11.6 Å². The minimum atomic E-state index is 0.546. The van der Waals surface area contributed by atoms with Gasteiger partial charge in [0.15, 0.2) is 0 Å². The Hall–Kier alpha value is -1.51. The summed E-state index contributed by atoms with van der Waals surface area (Å²) >= 11 is 6.19. The van der Waals surface area contributed by atoms with Crippen molar-refractivity contribution in [1.82, 2.24) is 0 Å². The van der Waals surface area contributed by atoms with Gasteiger partial charge in [0.25, 0.3) is 0 Å². The molecule has 0 aromatic heterocycles. The van der Waals surface area contributed by atoms with Crippen LogP contribution in [0.15, 0.2) is 42.5 Å². The molecule has 0 saturated carbocycles. The molecule has 3 heteroatoms. The molecule has 0 aliphatic heterocycles. The molecule has 2 N–H and O–H groups in total. The molecule has 0 bridgehead atoms. The SMILES string of the molecule is Cc1ccccc1COc1cccc(Cl)c1CCN. The van der Waals surface area contributed by atoms with E-state index in [-0.39, 0.29) is 0 Å². The molecule has 0 atom stereocenters. The van der Waals surface area contributed by atoms with Crippen molar-refractivity contribution in [2.45, 2.75) is 20.0 Å². The van der Waals surface area contributed by atoms with Gasteiger partial charge in [0, 0.05) is 10.6 Å². The maximum Gasteiger partial charge on any atom is 0.124 e. The lowest BCUT2D eigenvalue weighted by atomic mass is 10.1. The summed E-state index contributed by atoms with van der Waals surface area (Å²) < 4.78 is 5.90. The Bertz CT molecular complexity index is 554. The highest BCUT2D eigenvalue weighted by Gasteiger charge is 2.08. The number of hydrogen-bond donors (Lipinski definition) is 1. The summed E-state index contributed by atoms with van der Waals surface area (Å²) in [6.07, 6.45) is 0.725. The van der Waals surface area contributed by atoms with Gasteiger partial charge in [0.1, 0.15) is 12.4 Å². The Labute approximate surface area is 119 Å². The molecule has 100 valence electrons. The van der Waals surface area contributed by atoms with Crippen LogP contribution in [0, 0.1) is 6.92 Å². The summed E-state index contributed by atoms with van der Waals surface area (Å²) in [6, 6.07) is 13.9. The number of nitrogens with two attached hydrogens (primary N) is 1. The molecule has 0 fully saturated rings. The average molecular weight is 276 g/mol. The van der Waals surface area contributed by atoms with E-state index in [0.717, 1.165) is 17.7 Å². The van der Waals surface area contributed by atoms with Crippen molar-refractivity contribution in [2.75, 3.05) is 6.54 Å². The lowest BCUT2D eigenvalue weighted by Crippen LogP contribution is -2.06. The number of benzene rings is 2. The molecule has 2 rings (SSSR count). The molecule has 0 unspecified atom stereocenters. The number of aryl methyl sites for hydroxylation is 1. The van der Waals surface area contributed by atoms with Crippen molar-refractivity contribution in [3.63, 3.8) is 0 Å². The van der Waals surface area contributed by atoms with E-state index in [4.69, 9.17) is 22.1 Å². The van der Waals surface area contributed by atoms with Crippen LogP contribution < -0.4 is 10.5 Å². The van der Waals surface area contributed by atoms with Gasteiger partial charge in [0.05, 0.1) is 0 Å². The summed E-state index contributed by atoms with van der Waals surface area (Å²) in [7, 11) is 0. The van der Waals surface area contributed by atoms with Crippen LogP contribution in [0.4, 0.5) is 0 Å². The number of rotatable bonds is 5. The van der Waals surface area contributed by atoms with Gasteiger partial charge in [-0.3, -0.25) is 0 Å². The smallest absolute Gasteiger partial charge is 0.124 e. The molecule has 2 nitrogen and oxygen atoms in total.